The number of hydrogen-bond acceptors (Lipinski definition) is 4. The van der Waals surface area contributed by atoms with Crippen LogP contribution in [0, 0.1) is 11.8 Å². The maximum absolute atomic E-state index is 12.8. The molecule has 1 atom stereocenters. The van der Waals surface area contributed by atoms with Crippen molar-refractivity contribution in [2.24, 2.45) is 11.8 Å². The number of alkyl halides is 2. The lowest BCUT2D eigenvalue weighted by Crippen LogP contribution is -2.41. The second-order valence-electron chi connectivity index (χ2n) is 11.9. The molecule has 0 bridgehead atoms. The van der Waals surface area contributed by atoms with E-state index in [0.29, 0.717) is 16.1 Å². The van der Waals surface area contributed by atoms with E-state index in [9.17, 15) is 18.4 Å². The third-order valence-electron chi connectivity index (χ3n) is 8.07. The number of nitrogens with one attached hydrogen (secondary N) is 1. The van der Waals surface area contributed by atoms with Gasteiger partial charge >= 0.3 is 0 Å². The number of hydrogen-bond donors (Lipinski definition) is 1. The molecule has 5 nitrogen and oxygen atoms in total. The van der Waals surface area contributed by atoms with Gasteiger partial charge in [0.2, 0.25) is 0 Å². The van der Waals surface area contributed by atoms with E-state index in [2.05, 4.69) is 17.3 Å². The van der Waals surface area contributed by atoms with Crippen LogP contribution in [0.15, 0.2) is 48.5 Å². The molecule has 1 amide bonds. The van der Waals surface area contributed by atoms with Crippen LogP contribution in [-0.4, -0.2) is 63.3 Å². The van der Waals surface area contributed by atoms with Gasteiger partial charge in [0.1, 0.15) is 12.2 Å². The van der Waals surface area contributed by atoms with Crippen molar-refractivity contribution in [1.29, 1.82) is 0 Å². The Balaban J connectivity index is 0.000000240. The van der Waals surface area contributed by atoms with Crippen molar-refractivity contribution in [2.45, 2.75) is 76.2 Å². The van der Waals surface area contributed by atoms with E-state index in [4.69, 9.17) is 11.6 Å². The number of amides is 1. The molecule has 2 aromatic rings. The first-order valence-corrected chi connectivity index (χ1v) is 15.2. The molecular formula is C33H46ClF2N3O2. The van der Waals surface area contributed by atoms with E-state index in [1.807, 2.05) is 18.2 Å². The molecule has 1 N–H and O–H groups in total. The summed E-state index contributed by atoms with van der Waals surface area (Å²) in [7, 11) is 5.57. The van der Waals surface area contributed by atoms with Gasteiger partial charge in [-0.15, -0.1) is 0 Å². The van der Waals surface area contributed by atoms with Gasteiger partial charge < -0.3 is 19.9 Å². The molecule has 0 spiro atoms. The minimum absolute atomic E-state index is 0.0457. The summed E-state index contributed by atoms with van der Waals surface area (Å²) in [5.74, 6) is -2.59. The van der Waals surface area contributed by atoms with Crippen molar-refractivity contribution in [3.8, 4) is 0 Å². The fourth-order valence-corrected chi connectivity index (χ4v) is 5.58. The van der Waals surface area contributed by atoms with Crippen molar-refractivity contribution >= 4 is 29.5 Å². The number of carbonyl (C=O) groups excluding carboxylic acids is 2. The first-order valence-electron chi connectivity index (χ1n) is 14.8. The summed E-state index contributed by atoms with van der Waals surface area (Å²) in [5, 5.41) is 3.92. The standard InChI is InChI=1S/C20H30ClN3O.C10H10F2O.C3H6/c1-22-16-11-15(12-16)10-14-6-8-24(9-7-14)17-4-5-18(19(21)13-17)20(25)23(2)3;1-10(11,12)9(7-13)8-5-3-2-4-6-8;1-2-3-1/h4-5,13-16,22H,6-12H2,1-3H3;2-7,9H,1H3;1-3H2. The molecule has 5 rings (SSSR count). The van der Waals surface area contributed by atoms with Gasteiger partial charge in [0, 0.05) is 45.8 Å². The third kappa shape index (κ3) is 10.4. The highest BCUT2D eigenvalue weighted by atomic mass is 35.5. The molecule has 0 radical (unpaired) electrons. The zero-order chi connectivity index (χ0) is 30.0. The molecule has 3 aliphatic rings. The van der Waals surface area contributed by atoms with Crippen LogP contribution in [0.1, 0.15) is 80.1 Å². The molecule has 0 aromatic heterocycles. The minimum Gasteiger partial charge on any atom is -0.371 e. The Morgan fingerprint density at radius 3 is 2.15 bits per heavy atom. The Labute approximate surface area is 249 Å². The summed E-state index contributed by atoms with van der Waals surface area (Å²) < 4.78 is 25.7. The number of benzene rings is 2. The summed E-state index contributed by atoms with van der Waals surface area (Å²) >= 11 is 6.36. The van der Waals surface area contributed by atoms with E-state index >= 15 is 0 Å². The quantitative estimate of drug-likeness (QED) is 0.325. The van der Waals surface area contributed by atoms with Gasteiger partial charge in [-0.25, -0.2) is 8.78 Å². The zero-order valence-corrected chi connectivity index (χ0v) is 25.7. The molecular weight excluding hydrogens is 544 g/mol. The molecule has 2 saturated carbocycles. The Bertz CT molecular complexity index is 1090. The molecule has 1 heterocycles. The van der Waals surface area contributed by atoms with Gasteiger partial charge in [-0.3, -0.25) is 4.79 Å². The highest BCUT2D eigenvalue weighted by Crippen LogP contribution is 2.37. The first kappa shape index (κ1) is 33.0. The highest BCUT2D eigenvalue weighted by Gasteiger charge is 2.35. The number of aldehydes is 1. The molecule has 1 saturated heterocycles. The number of halogens is 3. The minimum atomic E-state index is -3.00. The largest absolute Gasteiger partial charge is 0.371 e. The SMILES string of the molecule is C1CC1.CC(F)(F)C(C=O)c1ccccc1.CNC1CC(CC2CCN(c3ccc(C(=O)N(C)C)c(Cl)c3)CC2)C1. The molecule has 8 heteroatoms. The van der Waals surface area contributed by atoms with Gasteiger partial charge in [0.05, 0.1) is 10.6 Å². The van der Waals surface area contributed by atoms with Crippen LogP contribution in [0.2, 0.25) is 5.02 Å². The van der Waals surface area contributed by atoms with Crippen molar-refractivity contribution < 1.29 is 18.4 Å². The van der Waals surface area contributed by atoms with Crippen LogP contribution >= 0.6 is 11.6 Å². The van der Waals surface area contributed by atoms with Crippen LogP contribution in [0.25, 0.3) is 0 Å². The number of nitrogens with zero attached hydrogens (tertiary/aromatic N) is 2. The van der Waals surface area contributed by atoms with Crippen LogP contribution in [0.3, 0.4) is 0 Å². The normalized spacial score (nSPS) is 20.8. The lowest BCUT2D eigenvalue weighted by atomic mass is 9.73. The number of rotatable bonds is 8. The molecule has 226 valence electrons. The summed E-state index contributed by atoms with van der Waals surface area (Å²) in [4.78, 5) is 26.5. The van der Waals surface area contributed by atoms with Crippen LogP contribution in [-0.2, 0) is 4.79 Å². The van der Waals surface area contributed by atoms with Crippen molar-refractivity contribution in [2.75, 3.05) is 39.1 Å². The average Bonchev–Trinajstić information content (AvgIpc) is 3.81. The second-order valence-corrected chi connectivity index (χ2v) is 12.3. The van der Waals surface area contributed by atoms with Crippen LogP contribution in [0.4, 0.5) is 14.5 Å². The number of anilines is 1. The van der Waals surface area contributed by atoms with Crippen molar-refractivity contribution in [3.05, 3.63) is 64.7 Å². The monoisotopic (exact) mass is 589 g/mol. The first-order chi connectivity index (χ1) is 19.5. The predicted octanol–water partition coefficient (Wildman–Crippen LogP) is 7.44. The van der Waals surface area contributed by atoms with Crippen LogP contribution < -0.4 is 10.2 Å². The fraction of sp³-hybridized carbons (Fsp3) is 0.576. The van der Waals surface area contributed by atoms with E-state index < -0.39 is 11.8 Å². The zero-order valence-electron chi connectivity index (χ0n) is 24.9. The maximum Gasteiger partial charge on any atom is 0.258 e. The Hall–Kier alpha value is -2.51. The van der Waals surface area contributed by atoms with Gasteiger partial charge in [-0.2, -0.15) is 0 Å². The maximum atomic E-state index is 12.8. The van der Waals surface area contributed by atoms with Gasteiger partial charge in [0.25, 0.3) is 11.8 Å². The highest BCUT2D eigenvalue weighted by molar-refractivity contribution is 6.34. The number of piperidine rings is 1. The molecule has 1 unspecified atom stereocenters. The molecule has 2 aromatic carbocycles. The second kappa shape index (κ2) is 15.6. The predicted molar refractivity (Wildman–Crippen MR) is 164 cm³/mol. The molecule has 41 heavy (non-hydrogen) atoms. The van der Waals surface area contributed by atoms with E-state index in [1.165, 1.54) is 63.5 Å². The van der Waals surface area contributed by atoms with Crippen molar-refractivity contribution in [3.63, 3.8) is 0 Å². The lowest BCUT2D eigenvalue weighted by Gasteiger charge is -2.40. The van der Waals surface area contributed by atoms with Gasteiger partial charge in [-0.1, -0.05) is 61.2 Å². The van der Waals surface area contributed by atoms with E-state index in [-0.39, 0.29) is 12.2 Å². The Morgan fingerprint density at radius 2 is 1.68 bits per heavy atom. The number of carbonyl (C=O) groups is 2. The molecule has 2 aliphatic carbocycles. The Kier molecular flexibility index (Phi) is 12.6. The van der Waals surface area contributed by atoms with Crippen LogP contribution in [0.5, 0.6) is 0 Å². The topological polar surface area (TPSA) is 52.7 Å². The van der Waals surface area contributed by atoms with E-state index in [1.54, 1.807) is 37.2 Å². The van der Waals surface area contributed by atoms with Gasteiger partial charge in [-0.05, 0) is 74.8 Å². The fourth-order valence-electron chi connectivity index (χ4n) is 5.33. The van der Waals surface area contributed by atoms with E-state index in [0.717, 1.165) is 43.6 Å². The van der Waals surface area contributed by atoms with Gasteiger partial charge in [0.15, 0.2) is 0 Å². The molecule has 3 fully saturated rings. The average molecular weight is 590 g/mol. The molecule has 1 aliphatic heterocycles. The lowest BCUT2D eigenvalue weighted by molar-refractivity contribution is -0.116. The third-order valence-corrected chi connectivity index (χ3v) is 8.39. The van der Waals surface area contributed by atoms with Crippen molar-refractivity contribution in [1.82, 2.24) is 10.2 Å². The smallest absolute Gasteiger partial charge is 0.258 e. The summed E-state index contributed by atoms with van der Waals surface area (Å²) in [6, 6.07) is 14.6. The Morgan fingerprint density at radius 1 is 1.07 bits per heavy atom. The summed E-state index contributed by atoms with van der Waals surface area (Å²) in [6.07, 6.45) is 11.4. The summed E-state index contributed by atoms with van der Waals surface area (Å²) in [5.41, 5.74) is 2.07. The summed E-state index contributed by atoms with van der Waals surface area (Å²) in [6.45, 7) is 2.92.